The summed E-state index contributed by atoms with van der Waals surface area (Å²) in [6.45, 7) is 0.00989. The lowest BCUT2D eigenvalue weighted by atomic mass is 10.0. The lowest BCUT2D eigenvalue weighted by Gasteiger charge is -2.12. The van der Waals surface area contributed by atoms with Crippen LogP contribution in [-0.2, 0) is 4.79 Å². The molecule has 5 heteroatoms. The number of anilines is 1. The van der Waals surface area contributed by atoms with Crippen LogP contribution in [0.3, 0.4) is 0 Å². The van der Waals surface area contributed by atoms with Gasteiger partial charge in [-0.1, -0.05) is 41.9 Å². The molecule has 3 rings (SSSR count). The van der Waals surface area contributed by atoms with Gasteiger partial charge in [0.1, 0.15) is 12.3 Å². The van der Waals surface area contributed by atoms with Gasteiger partial charge in [0, 0.05) is 22.2 Å². The summed E-state index contributed by atoms with van der Waals surface area (Å²) in [5.41, 5.74) is 2.47. The average Bonchev–Trinajstić information content (AvgIpc) is 2.59. The smallest absolute Gasteiger partial charge is 0.246 e. The SMILES string of the molecule is O=C1CN=C(c2ccccc2)c2cc(Cl)cc(O)c2N1. The Labute approximate surface area is 120 Å². The molecule has 20 heavy (non-hydrogen) atoms. The third kappa shape index (κ3) is 2.26. The van der Waals surface area contributed by atoms with Gasteiger partial charge in [0.2, 0.25) is 5.91 Å². The van der Waals surface area contributed by atoms with Gasteiger partial charge in [-0.3, -0.25) is 9.79 Å². The van der Waals surface area contributed by atoms with E-state index in [4.69, 9.17) is 11.6 Å². The minimum absolute atomic E-state index is 0.00989. The number of fused-ring (bicyclic) bond motifs is 1. The fourth-order valence-corrected chi connectivity index (χ4v) is 2.38. The van der Waals surface area contributed by atoms with Gasteiger partial charge in [0.15, 0.2) is 0 Å². The van der Waals surface area contributed by atoms with E-state index in [0.29, 0.717) is 22.0 Å². The van der Waals surface area contributed by atoms with Gasteiger partial charge >= 0.3 is 0 Å². The number of rotatable bonds is 1. The number of halogens is 1. The van der Waals surface area contributed by atoms with E-state index in [-0.39, 0.29) is 18.2 Å². The van der Waals surface area contributed by atoms with Crippen LogP contribution in [0.25, 0.3) is 0 Å². The Kier molecular flexibility index (Phi) is 3.16. The van der Waals surface area contributed by atoms with Crippen LogP contribution in [0, 0.1) is 0 Å². The molecule has 0 aromatic heterocycles. The minimum atomic E-state index is -0.269. The van der Waals surface area contributed by atoms with Crippen molar-refractivity contribution in [3.63, 3.8) is 0 Å². The maximum Gasteiger partial charge on any atom is 0.246 e. The number of benzodiazepines with no additional fused rings is 1. The zero-order valence-electron chi connectivity index (χ0n) is 10.4. The number of hydrogen-bond acceptors (Lipinski definition) is 3. The maximum absolute atomic E-state index is 11.7. The number of hydrogen-bond donors (Lipinski definition) is 2. The molecule has 0 atom stereocenters. The second-order valence-corrected chi connectivity index (χ2v) is 4.86. The molecule has 0 saturated heterocycles. The highest BCUT2D eigenvalue weighted by Gasteiger charge is 2.21. The summed E-state index contributed by atoms with van der Waals surface area (Å²) in [7, 11) is 0. The number of nitrogens with zero attached hydrogens (tertiary/aromatic N) is 1. The zero-order valence-corrected chi connectivity index (χ0v) is 11.2. The van der Waals surface area contributed by atoms with Crippen molar-refractivity contribution in [3.8, 4) is 5.75 Å². The van der Waals surface area contributed by atoms with Crippen molar-refractivity contribution in [2.45, 2.75) is 0 Å². The molecule has 0 spiro atoms. The van der Waals surface area contributed by atoms with Crippen LogP contribution in [0.4, 0.5) is 5.69 Å². The quantitative estimate of drug-likeness (QED) is 0.792. The molecular formula is C15H11ClN2O2. The molecule has 1 aliphatic heterocycles. The number of carbonyl (C=O) groups excluding carboxylic acids is 1. The summed E-state index contributed by atoms with van der Waals surface area (Å²) in [5.74, 6) is -0.332. The highest BCUT2D eigenvalue weighted by atomic mass is 35.5. The predicted molar refractivity (Wildman–Crippen MR) is 78.7 cm³/mol. The largest absolute Gasteiger partial charge is 0.506 e. The molecule has 0 bridgehead atoms. The van der Waals surface area contributed by atoms with Gasteiger partial charge in [-0.2, -0.15) is 0 Å². The number of phenolic OH excluding ortho intramolecular Hbond substituents is 1. The molecule has 0 radical (unpaired) electrons. The third-order valence-corrected chi connectivity index (χ3v) is 3.25. The average molecular weight is 287 g/mol. The van der Waals surface area contributed by atoms with E-state index in [1.807, 2.05) is 30.3 Å². The highest BCUT2D eigenvalue weighted by Crippen LogP contribution is 2.34. The fourth-order valence-electron chi connectivity index (χ4n) is 2.17. The zero-order chi connectivity index (χ0) is 14.1. The predicted octanol–water partition coefficient (Wildman–Crippen LogP) is 2.84. The summed E-state index contributed by atoms with van der Waals surface area (Å²) in [6.07, 6.45) is 0. The number of nitrogens with one attached hydrogen (secondary N) is 1. The third-order valence-electron chi connectivity index (χ3n) is 3.03. The van der Waals surface area contributed by atoms with Crippen molar-refractivity contribution < 1.29 is 9.90 Å². The molecule has 0 fully saturated rings. The summed E-state index contributed by atoms with van der Waals surface area (Å²) in [6, 6.07) is 12.6. The van der Waals surface area contributed by atoms with Gasteiger partial charge in [0.25, 0.3) is 0 Å². The van der Waals surface area contributed by atoms with Gasteiger partial charge in [-0.05, 0) is 6.07 Å². The van der Waals surface area contributed by atoms with Crippen LogP contribution < -0.4 is 5.32 Å². The van der Waals surface area contributed by atoms with Crippen LogP contribution in [0.2, 0.25) is 5.02 Å². The molecule has 1 amide bonds. The molecule has 0 saturated carbocycles. The number of aromatic hydroxyl groups is 1. The van der Waals surface area contributed by atoms with Gasteiger partial charge in [-0.25, -0.2) is 0 Å². The summed E-state index contributed by atoms with van der Waals surface area (Å²) in [5, 5.41) is 13.0. The standard InChI is InChI=1S/C15H11ClN2O2/c16-10-6-11-14(9-4-2-1-3-5-9)17-8-13(20)18-15(11)12(19)7-10/h1-7,19H,8H2,(H,18,20). The molecular weight excluding hydrogens is 276 g/mol. The Morgan fingerprint density at radius 1 is 1.20 bits per heavy atom. The minimum Gasteiger partial charge on any atom is -0.506 e. The monoisotopic (exact) mass is 286 g/mol. The van der Waals surface area contributed by atoms with Crippen LogP contribution in [0.5, 0.6) is 5.75 Å². The van der Waals surface area contributed by atoms with E-state index in [0.717, 1.165) is 5.56 Å². The molecule has 1 heterocycles. The summed E-state index contributed by atoms with van der Waals surface area (Å²) >= 11 is 6.00. The normalized spacial score (nSPS) is 14.1. The second kappa shape index (κ2) is 4.98. The Hall–Kier alpha value is -2.33. The van der Waals surface area contributed by atoms with Crippen molar-refractivity contribution in [1.29, 1.82) is 0 Å². The number of benzene rings is 2. The van der Waals surface area contributed by atoms with Gasteiger partial charge in [-0.15, -0.1) is 0 Å². The summed E-state index contributed by atoms with van der Waals surface area (Å²) < 4.78 is 0. The molecule has 4 nitrogen and oxygen atoms in total. The lowest BCUT2D eigenvalue weighted by Crippen LogP contribution is -2.13. The number of phenols is 1. The van der Waals surface area contributed by atoms with Crippen LogP contribution >= 0.6 is 11.6 Å². The molecule has 1 aliphatic rings. The first-order valence-corrected chi connectivity index (χ1v) is 6.45. The first kappa shape index (κ1) is 12.7. The van der Waals surface area contributed by atoms with Crippen molar-refractivity contribution in [2.24, 2.45) is 4.99 Å². The molecule has 0 aliphatic carbocycles. The number of amides is 1. The second-order valence-electron chi connectivity index (χ2n) is 4.43. The van der Waals surface area contributed by atoms with Crippen molar-refractivity contribution >= 4 is 28.9 Å². The van der Waals surface area contributed by atoms with Crippen LogP contribution in [0.15, 0.2) is 47.5 Å². The number of carbonyl (C=O) groups is 1. The van der Waals surface area contributed by atoms with Gasteiger partial charge in [0.05, 0.1) is 11.4 Å². The molecule has 100 valence electrons. The molecule has 2 aromatic carbocycles. The first-order valence-electron chi connectivity index (χ1n) is 6.08. The van der Waals surface area contributed by atoms with E-state index in [9.17, 15) is 9.90 Å². The fraction of sp³-hybridized carbons (Fsp3) is 0.0667. The molecule has 2 N–H and O–H groups in total. The van der Waals surface area contributed by atoms with Crippen LogP contribution in [-0.4, -0.2) is 23.3 Å². The Bertz CT molecular complexity index is 711. The highest BCUT2D eigenvalue weighted by molar-refractivity contribution is 6.32. The lowest BCUT2D eigenvalue weighted by molar-refractivity contribution is -0.114. The van der Waals surface area contributed by atoms with E-state index in [1.165, 1.54) is 6.07 Å². The maximum atomic E-state index is 11.7. The summed E-state index contributed by atoms with van der Waals surface area (Å²) in [4.78, 5) is 16.0. The van der Waals surface area contributed by atoms with Gasteiger partial charge < -0.3 is 10.4 Å². The van der Waals surface area contributed by atoms with E-state index < -0.39 is 0 Å². The van der Waals surface area contributed by atoms with Crippen molar-refractivity contribution in [3.05, 3.63) is 58.6 Å². The molecule has 2 aromatic rings. The van der Waals surface area contributed by atoms with Crippen molar-refractivity contribution in [2.75, 3.05) is 11.9 Å². The van der Waals surface area contributed by atoms with Crippen LogP contribution in [0.1, 0.15) is 11.1 Å². The first-order chi connectivity index (χ1) is 9.65. The van der Waals surface area contributed by atoms with E-state index in [1.54, 1.807) is 6.07 Å². The number of aliphatic imine (C=N–C) groups is 1. The Morgan fingerprint density at radius 2 is 1.95 bits per heavy atom. The Balaban J connectivity index is 2.24. The molecule has 0 unspecified atom stereocenters. The Morgan fingerprint density at radius 3 is 2.70 bits per heavy atom. The topological polar surface area (TPSA) is 61.7 Å². The van der Waals surface area contributed by atoms with Crippen molar-refractivity contribution in [1.82, 2.24) is 0 Å². The van der Waals surface area contributed by atoms with E-state index >= 15 is 0 Å². The van der Waals surface area contributed by atoms with E-state index in [2.05, 4.69) is 10.3 Å².